The molecule has 36 heavy (non-hydrogen) atoms. The highest BCUT2D eigenvalue weighted by Crippen LogP contribution is 2.27. The minimum Gasteiger partial charge on any atom is -0.490 e. The molecule has 0 bridgehead atoms. The summed E-state index contributed by atoms with van der Waals surface area (Å²) in [6.45, 7) is 6.02. The summed E-state index contributed by atoms with van der Waals surface area (Å²) in [5, 5.41) is 11.7. The van der Waals surface area contributed by atoms with Crippen molar-refractivity contribution in [2.75, 3.05) is 24.3 Å². The van der Waals surface area contributed by atoms with Crippen LogP contribution in [0.4, 0.5) is 5.13 Å². The molecule has 0 spiro atoms. The van der Waals surface area contributed by atoms with E-state index in [4.69, 9.17) is 21.1 Å². The molecule has 0 saturated carbocycles. The van der Waals surface area contributed by atoms with Crippen molar-refractivity contribution in [1.82, 2.24) is 9.36 Å². The molecule has 0 aliphatic heterocycles. The van der Waals surface area contributed by atoms with E-state index in [0.29, 0.717) is 34.5 Å². The van der Waals surface area contributed by atoms with Crippen LogP contribution < -0.4 is 14.8 Å². The number of hydrogen-bond donors (Lipinski definition) is 1. The number of sulfone groups is 1. The number of halogens is 1. The number of amides is 1. The quantitative estimate of drug-likeness (QED) is 0.221. The summed E-state index contributed by atoms with van der Waals surface area (Å²) in [5.74, 6) is 0.304. The van der Waals surface area contributed by atoms with Crippen molar-refractivity contribution in [2.45, 2.75) is 25.9 Å². The summed E-state index contributed by atoms with van der Waals surface area (Å²) in [4.78, 5) is 16.3. The van der Waals surface area contributed by atoms with Crippen molar-refractivity contribution in [3.63, 3.8) is 0 Å². The predicted molar refractivity (Wildman–Crippen MR) is 138 cm³/mol. The minimum atomic E-state index is -3.60. The van der Waals surface area contributed by atoms with Gasteiger partial charge in [0.05, 0.1) is 10.8 Å². The molecule has 0 radical (unpaired) electrons. The van der Waals surface area contributed by atoms with Crippen LogP contribution in [0.1, 0.15) is 23.6 Å². The highest BCUT2D eigenvalue weighted by atomic mass is 35.5. The van der Waals surface area contributed by atoms with Crippen molar-refractivity contribution in [2.24, 2.45) is 0 Å². The van der Waals surface area contributed by atoms with Gasteiger partial charge in [0.15, 0.2) is 0 Å². The lowest BCUT2D eigenvalue weighted by Crippen LogP contribution is -2.13. The Morgan fingerprint density at radius 2 is 1.89 bits per heavy atom. The van der Waals surface area contributed by atoms with E-state index >= 15 is 0 Å². The largest absolute Gasteiger partial charge is 0.490 e. The van der Waals surface area contributed by atoms with E-state index in [9.17, 15) is 18.5 Å². The van der Waals surface area contributed by atoms with Crippen LogP contribution in [0.25, 0.3) is 6.08 Å². The highest BCUT2D eigenvalue weighted by Gasteiger charge is 2.20. The molecule has 0 atom stereocenters. The van der Waals surface area contributed by atoms with E-state index in [-0.39, 0.29) is 28.2 Å². The van der Waals surface area contributed by atoms with Crippen LogP contribution in [0.2, 0.25) is 5.02 Å². The highest BCUT2D eigenvalue weighted by molar-refractivity contribution is 7.91. The summed E-state index contributed by atoms with van der Waals surface area (Å²) in [5.41, 5.74) is 2.41. The first-order valence-electron chi connectivity index (χ1n) is 10.7. The van der Waals surface area contributed by atoms with Crippen LogP contribution >= 0.6 is 23.1 Å². The number of hydrogen-bond acceptors (Lipinski definition) is 9. The number of benzene rings is 2. The second-order valence-electron chi connectivity index (χ2n) is 7.57. The van der Waals surface area contributed by atoms with E-state index in [1.807, 2.05) is 38.1 Å². The van der Waals surface area contributed by atoms with E-state index < -0.39 is 15.7 Å². The van der Waals surface area contributed by atoms with Crippen molar-refractivity contribution >= 4 is 50.1 Å². The SMILES string of the molecule is CCS(=O)(=O)c1nsc(NC(=O)C(C#N)=Cc2ccc(OCCOc3cc(C)ccc3C)c(Cl)c2)n1. The molecule has 1 heterocycles. The average Bonchev–Trinajstić information content (AvgIpc) is 3.32. The van der Waals surface area contributed by atoms with E-state index in [2.05, 4.69) is 14.7 Å². The Morgan fingerprint density at radius 3 is 2.56 bits per heavy atom. The fourth-order valence-corrected chi connectivity index (χ4v) is 4.71. The topological polar surface area (TPSA) is 131 Å². The number of anilines is 1. The zero-order valence-electron chi connectivity index (χ0n) is 19.7. The third kappa shape index (κ3) is 7.04. The lowest BCUT2D eigenvalue weighted by Gasteiger charge is -2.12. The van der Waals surface area contributed by atoms with Gasteiger partial charge in [0, 0.05) is 11.5 Å². The van der Waals surface area contributed by atoms with Crippen LogP contribution in [-0.4, -0.2) is 42.6 Å². The minimum absolute atomic E-state index is 0.0296. The molecule has 3 rings (SSSR count). The molecule has 0 fully saturated rings. The molecule has 9 nitrogen and oxygen atoms in total. The molecule has 0 unspecified atom stereocenters. The summed E-state index contributed by atoms with van der Waals surface area (Å²) >= 11 is 7.03. The number of aromatic nitrogens is 2. The van der Waals surface area contributed by atoms with Gasteiger partial charge in [-0.25, -0.2) is 8.42 Å². The molecule has 3 aromatic rings. The summed E-state index contributed by atoms with van der Waals surface area (Å²) in [7, 11) is -3.60. The third-order valence-corrected chi connectivity index (χ3v) is 7.40. The van der Waals surface area contributed by atoms with Crippen molar-refractivity contribution in [3.8, 4) is 17.6 Å². The van der Waals surface area contributed by atoms with Crippen LogP contribution in [0, 0.1) is 25.2 Å². The first-order chi connectivity index (χ1) is 17.1. The fourth-order valence-electron chi connectivity index (χ4n) is 2.89. The second kappa shape index (κ2) is 12.0. The van der Waals surface area contributed by atoms with E-state index in [1.54, 1.807) is 18.2 Å². The monoisotopic (exact) mass is 546 g/mol. The molecular weight excluding hydrogens is 524 g/mol. The Bertz CT molecular complexity index is 1440. The Kier molecular flexibility index (Phi) is 9.03. The third-order valence-electron chi connectivity index (χ3n) is 4.86. The molecule has 1 N–H and O–H groups in total. The van der Waals surface area contributed by atoms with Crippen LogP contribution in [0.15, 0.2) is 47.1 Å². The Morgan fingerprint density at radius 1 is 1.17 bits per heavy atom. The normalized spacial score (nSPS) is 11.6. The maximum Gasteiger partial charge on any atom is 0.268 e. The summed E-state index contributed by atoms with van der Waals surface area (Å²) in [6.07, 6.45) is 1.35. The van der Waals surface area contributed by atoms with Crippen molar-refractivity contribution in [1.29, 1.82) is 5.26 Å². The van der Waals surface area contributed by atoms with Crippen LogP contribution in [-0.2, 0) is 14.6 Å². The molecule has 1 amide bonds. The number of nitrogens with one attached hydrogen (secondary N) is 1. The lowest BCUT2D eigenvalue weighted by molar-refractivity contribution is -0.112. The first-order valence-corrected chi connectivity index (χ1v) is 13.6. The second-order valence-corrected chi connectivity index (χ2v) is 10.9. The average molecular weight is 547 g/mol. The lowest BCUT2D eigenvalue weighted by atomic mass is 10.1. The van der Waals surface area contributed by atoms with Crippen LogP contribution in [0.3, 0.4) is 0 Å². The van der Waals surface area contributed by atoms with Crippen LogP contribution in [0.5, 0.6) is 11.5 Å². The van der Waals surface area contributed by atoms with Gasteiger partial charge in [-0.3, -0.25) is 10.1 Å². The number of ether oxygens (including phenoxy) is 2. The maximum atomic E-state index is 12.5. The van der Waals surface area contributed by atoms with Gasteiger partial charge < -0.3 is 9.47 Å². The standard InChI is InChI=1S/C24H23ClN4O5S2/c1-4-36(31,32)24-28-23(35-29-24)27-22(30)18(14-26)12-17-7-8-20(19(25)13-17)33-9-10-34-21-11-15(2)5-6-16(21)3/h5-8,11-13H,4,9-10H2,1-3H3,(H,27,28,29,30). The fraction of sp³-hybridized carbons (Fsp3) is 0.250. The number of rotatable bonds is 10. The Labute approximate surface area is 218 Å². The number of carbonyl (C=O) groups is 1. The van der Waals surface area contributed by atoms with Crippen molar-refractivity contribution in [3.05, 3.63) is 63.7 Å². The van der Waals surface area contributed by atoms with Gasteiger partial charge in [0.25, 0.3) is 11.1 Å². The van der Waals surface area contributed by atoms with Gasteiger partial charge in [0.1, 0.15) is 36.4 Å². The maximum absolute atomic E-state index is 12.5. The van der Waals surface area contributed by atoms with Gasteiger partial charge in [-0.2, -0.15) is 14.6 Å². The smallest absolute Gasteiger partial charge is 0.268 e. The summed E-state index contributed by atoms with van der Waals surface area (Å²) in [6, 6.07) is 12.6. The number of aryl methyl sites for hydroxylation is 2. The van der Waals surface area contributed by atoms with Gasteiger partial charge >= 0.3 is 0 Å². The molecule has 0 aliphatic carbocycles. The number of carbonyl (C=O) groups excluding carboxylic acids is 1. The van der Waals surface area contributed by atoms with Gasteiger partial charge in [-0.1, -0.05) is 36.7 Å². The number of nitrogens with zero attached hydrogens (tertiary/aromatic N) is 3. The summed E-state index contributed by atoms with van der Waals surface area (Å²) < 4.78 is 38.9. The molecule has 12 heteroatoms. The predicted octanol–water partition coefficient (Wildman–Crippen LogP) is 4.61. The van der Waals surface area contributed by atoms with E-state index in [1.165, 1.54) is 13.0 Å². The van der Waals surface area contributed by atoms with Crippen molar-refractivity contribution < 1.29 is 22.7 Å². The van der Waals surface area contributed by atoms with Gasteiger partial charge in [0.2, 0.25) is 15.0 Å². The molecule has 0 aliphatic rings. The molecule has 1 aromatic heterocycles. The number of nitriles is 1. The molecule has 2 aromatic carbocycles. The zero-order chi connectivity index (χ0) is 26.3. The zero-order valence-corrected chi connectivity index (χ0v) is 22.1. The molecule has 0 saturated heterocycles. The van der Waals surface area contributed by atoms with Gasteiger partial charge in [-0.05, 0) is 54.8 Å². The molecular formula is C24H23ClN4O5S2. The first kappa shape index (κ1) is 27.1. The molecule has 188 valence electrons. The van der Waals surface area contributed by atoms with E-state index in [0.717, 1.165) is 16.9 Å². The van der Waals surface area contributed by atoms with Gasteiger partial charge in [-0.15, -0.1) is 0 Å². The Hall–Kier alpha value is -3.46. The Balaban J connectivity index is 1.61.